The van der Waals surface area contributed by atoms with E-state index in [0.29, 0.717) is 47.6 Å². The Hall–Kier alpha value is -5.38. The van der Waals surface area contributed by atoms with E-state index in [9.17, 15) is 9.90 Å². The molecular formula is C29H20F4N6O5S. The zero-order valence-electron chi connectivity index (χ0n) is 23.0. The fourth-order valence-electron chi connectivity index (χ4n) is 4.56. The number of carbonyl (C=O) groups excluding carboxylic acids is 1. The number of halogens is 4. The number of pyridine rings is 2. The average Bonchev–Trinajstić information content (AvgIpc) is 3.44. The molecule has 230 valence electrons. The third-order valence-corrected chi connectivity index (χ3v) is 7.48. The minimum atomic E-state index is -1.59. The minimum absolute atomic E-state index is 0.0415. The second-order valence-electron chi connectivity index (χ2n) is 9.77. The Bertz CT molecular complexity index is 1940. The molecule has 0 saturated carbocycles. The second kappa shape index (κ2) is 11.6. The van der Waals surface area contributed by atoms with Gasteiger partial charge >= 0.3 is 5.97 Å². The fraction of sp³-hybridized carbons (Fsp3) is 0.138. The summed E-state index contributed by atoms with van der Waals surface area (Å²) >= 11 is 0.683. The number of rotatable bonds is 5. The number of aromatic nitrogens is 2. The van der Waals surface area contributed by atoms with Crippen LogP contribution < -0.4 is 15.2 Å². The predicted molar refractivity (Wildman–Crippen MR) is 153 cm³/mol. The van der Waals surface area contributed by atoms with Gasteiger partial charge in [0, 0.05) is 24.1 Å². The average molecular weight is 641 g/mol. The Labute approximate surface area is 256 Å². The van der Waals surface area contributed by atoms with Gasteiger partial charge in [0.2, 0.25) is 5.75 Å². The van der Waals surface area contributed by atoms with E-state index in [1.807, 2.05) is 0 Å². The van der Waals surface area contributed by atoms with Crippen LogP contribution in [0.3, 0.4) is 0 Å². The second-order valence-corrected chi connectivity index (χ2v) is 10.6. The van der Waals surface area contributed by atoms with E-state index in [4.69, 9.17) is 24.8 Å². The number of nitrogen functional groups attached to an aromatic ring is 1. The lowest BCUT2D eigenvalue weighted by molar-refractivity contribution is -0.132. The third-order valence-electron chi connectivity index (χ3n) is 6.77. The van der Waals surface area contributed by atoms with Gasteiger partial charge in [-0.1, -0.05) is 0 Å². The quantitative estimate of drug-likeness (QED) is 0.116. The summed E-state index contributed by atoms with van der Waals surface area (Å²) in [6.45, 7) is 1.01. The lowest BCUT2D eigenvalue weighted by Crippen LogP contribution is -2.24. The van der Waals surface area contributed by atoms with E-state index >= 15 is 17.6 Å². The van der Waals surface area contributed by atoms with Crippen LogP contribution in [0.2, 0.25) is 0 Å². The van der Waals surface area contributed by atoms with Gasteiger partial charge in [-0.15, -0.1) is 0 Å². The highest BCUT2D eigenvalue weighted by atomic mass is 32.2. The molecule has 4 aromatic rings. The van der Waals surface area contributed by atoms with Crippen molar-refractivity contribution in [3.05, 3.63) is 82.7 Å². The number of carbonyl (C=O) groups is 1. The number of phenolic OH excluding ortho intramolecular Hbond substituents is 1. The summed E-state index contributed by atoms with van der Waals surface area (Å²) in [5.74, 6) is -9.90. The number of hydrogen-bond acceptors (Lipinski definition) is 11. The molecule has 0 radical (unpaired) electrons. The van der Waals surface area contributed by atoms with Crippen molar-refractivity contribution in [2.24, 2.45) is 10.7 Å². The maximum Gasteiger partial charge on any atom is 0.324 e. The van der Waals surface area contributed by atoms with E-state index in [0.717, 1.165) is 12.1 Å². The van der Waals surface area contributed by atoms with Gasteiger partial charge in [-0.25, -0.2) is 27.5 Å². The summed E-state index contributed by atoms with van der Waals surface area (Å²) in [5, 5.41) is 17.7. The highest BCUT2D eigenvalue weighted by molar-refractivity contribution is 7.95. The predicted octanol–water partition coefficient (Wildman–Crippen LogP) is 5.07. The first-order valence-electron chi connectivity index (χ1n) is 13.0. The first-order valence-corrected chi connectivity index (χ1v) is 13.8. The maximum absolute atomic E-state index is 16.2. The minimum Gasteiger partial charge on any atom is -0.504 e. The van der Waals surface area contributed by atoms with E-state index in [2.05, 4.69) is 15.0 Å². The molecule has 0 fully saturated rings. The Kier molecular flexibility index (Phi) is 7.66. The van der Waals surface area contributed by atoms with E-state index < -0.39 is 81.6 Å². The van der Waals surface area contributed by atoms with Crippen LogP contribution in [0.4, 0.5) is 17.6 Å². The molecule has 0 amide bonds. The van der Waals surface area contributed by atoms with Gasteiger partial charge in [0.05, 0.1) is 48.0 Å². The number of nitrogens with zero attached hydrogens (tertiary/aromatic N) is 4. The van der Waals surface area contributed by atoms with Gasteiger partial charge in [-0.2, -0.15) is 0 Å². The van der Waals surface area contributed by atoms with Crippen molar-refractivity contribution in [3.63, 3.8) is 0 Å². The molecule has 16 heteroatoms. The van der Waals surface area contributed by atoms with Gasteiger partial charge in [0.1, 0.15) is 23.1 Å². The zero-order valence-corrected chi connectivity index (χ0v) is 23.8. The van der Waals surface area contributed by atoms with Crippen LogP contribution in [-0.2, 0) is 15.4 Å². The number of aliphatic imine (C=N–C) groups is 1. The Morgan fingerprint density at radius 1 is 1.13 bits per heavy atom. The van der Waals surface area contributed by atoms with Crippen molar-refractivity contribution in [2.45, 2.75) is 11.3 Å². The molecule has 4 bridgehead atoms. The molecule has 3 aliphatic heterocycles. The molecule has 0 saturated heterocycles. The molecule has 5 heterocycles. The van der Waals surface area contributed by atoms with Crippen LogP contribution in [0.15, 0.2) is 52.5 Å². The molecule has 2 aromatic carbocycles. The molecule has 0 spiro atoms. The summed E-state index contributed by atoms with van der Waals surface area (Å²) in [6.07, 6.45) is -0.345. The van der Waals surface area contributed by atoms with Crippen molar-refractivity contribution >= 4 is 29.7 Å². The van der Waals surface area contributed by atoms with Gasteiger partial charge in [0.15, 0.2) is 34.8 Å². The standard InChI is InChI=1S/C29H20F4N6O5S/c1-39-7-6-36-28(39)14-9-13-3-5-18(14)42-26-22(31)16(10-20(41)44-45-13)38-25(24(26)33)21-15(30)11-37-29(23(21)32)43-19-8-12(27(34)35)2-4-17(19)40/h2-5,8-9,11,40H,6-7,10H2,1H3,(H3,34,35). The molecule has 4 N–H and O–H groups in total. The smallest absolute Gasteiger partial charge is 0.324 e. The Morgan fingerprint density at radius 3 is 2.67 bits per heavy atom. The number of likely N-dealkylation sites (N-methyl/N-ethyl adjacent to an activating group) is 1. The molecule has 3 aliphatic rings. The monoisotopic (exact) mass is 640 g/mol. The molecule has 45 heavy (non-hydrogen) atoms. The zero-order chi connectivity index (χ0) is 32.0. The number of nitrogens with one attached hydrogen (secondary N) is 1. The summed E-state index contributed by atoms with van der Waals surface area (Å²) in [6, 6.07) is 7.97. The molecule has 11 nitrogen and oxygen atoms in total. The van der Waals surface area contributed by atoms with Crippen molar-refractivity contribution in [1.29, 1.82) is 5.41 Å². The third kappa shape index (κ3) is 5.55. The van der Waals surface area contributed by atoms with E-state index in [-0.39, 0.29) is 11.3 Å². The SMILES string of the molecule is CN1CCN=C1c1cc2ccc1Oc1c(F)c(nc(-c3c(F)cnc(Oc4cc(C(=N)N)ccc4O)c3F)c1F)CC(=O)OS2. The summed E-state index contributed by atoms with van der Waals surface area (Å²) in [4.78, 5) is 26.6. The van der Waals surface area contributed by atoms with Crippen LogP contribution >= 0.6 is 12.0 Å². The molecule has 2 aromatic heterocycles. The van der Waals surface area contributed by atoms with Crippen molar-refractivity contribution < 1.29 is 41.1 Å². The number of fused-ring (bicyclic) bond motifs is 5. The van der Waals surface area contributed by atoms with Crippen molar-refractivity contribution in [3.8, 4) is 40.1 Å². The van der Waals surface area contributed by atoms with Crippen LogP contribution in [0.5, 0.6) is 28.9 Å². The number of phenols is 1. The molecule has 7 rings (SSSR count). The number of ether oxygens (including phenoxy) is 2. The van der Waals surface area contributed by atoms with E-state index in [1.54, 1.807) is 18.0 Å². The first-order chi connectivity index (χ1) is 21.5. The van der Waals surface area contributed by atoms with Gasteiger partial charge < -0.3 is 29.4 Å². The molecule has 0 atom stereocenters. The normalized spacial score (nSPS) is 14.3. The van der Waals surface area contributed by atoms with Crippen LogP contribution in [0.25, 0.3) is 11.3 Å². The highest BCUT2D eigenvalue weighted by Crippen LogP contribution is 2.41. The number of amidine groups is 2. The fourth-order valence-corrected chi connectivity index (χ4v) is 5.10. The molecule has 0 unspecified atom stereocenters. The molecule has 0 aliphatic carbocycles. The van der Waals surface area contributed by atoms with Crippen LogP contribution in [0.1, 0.15) is 16.8 Å². The number of aromatic hydroxyl groups is 1. The maximum atomic E-state index is 16.2. The van der Waals surface area contributed by atoms with Gasteiger partial charge in [0.25, 0.3) is 5.88 Å². The largest absolute Gasteiger partial charge is 0.504 e. The number of hydrogen-bond donors (Lipinski definition) is 3. The molecular weight excluding hydrogens is 620 g/mol. The lowest BCUT2D eigenvalue weighted by Gasteiger charge is -2.20. The van der Waals surface area contributed by atoms with Crippen molar-refractivity contribution in [1.82, 2.24) is 14.9 Å². The van der Waals surface area contributed by atoms with Gasteiger partial charge in [-0.3, -0.25) is 15.2 Å². The number of nitrogens with two attached hydrogens (primary N) is 1. The summed E-state index contributed by atoms with van der Waals surface area (Å²) in [5.41, 5.74) is 2.97. The Balaban J connectivity index is 1.51. The lowest BCUT2D eigenvalue weighted by atomic mass is 10.1. The topological polar surface area (TPSA) is 156 Å². The summed E-state index contributed by atoms with van der Waals surface area (Å²) < 4.78 is 79.3. The van der Waals surface area contributed by atoms with E-state index in [1.165, 1.54) is 18.2 Å². The number of benzene rings is 2. The summed E-state index contributed by atoms with van der Waals surface area (Å²) in [7, 11) is 1.76. The Morgan fingerprint density at radius 2 is 1.93 bits per heavy atom. The first kappa shape index (κ1) is 29.7. The van der Waals surface area contributed by atoms with Gasteiger partial charge in [-0.05, 0) is 36.4 Å². The van der Waals surface area contributed by atoms with Crippen molar-refractivity contribution in [2.75, 3.05) is 20.1 Å². The highest BCUT2D eigenvalue weighted by Gasteiger charge is 2.32. The van der Waals surface area contributed by atoms with Crippen LogP contribution in [-0.4, -0.2) is 57.8 Å². The van der Waals surface area contributed by atoms with Crippen LogP contribution in [0, 0.1) is 28.7 Å².